The first kappa shape index (κ1) is 12.8. The predicted octanol–water partition coefficient (Wildman–Crippen LogP) is 1.42. The third-order valence-electron chi connectivity index (χ3n) is 3.01. The number of hydroxylamine groups is 2. The van der Waals surface area contributed by atoms with Crippen molar-refractivity contribution < 1.29 is 19.5 Å². The van der Waals surface area contributed by atoms with E-state index in [1.165, 1.54) is 28.4 Å². The van der Waals surface area contributed by atoms with Crippen LogP contribution in [0.3, 0.4) is 0 Å². The van der Waals surface area contributed by atoms with E-state index in [4.69, 9.17) is 9.94 Å². The fourth-order valence-corrected chi connectivity index (χ4v) is 3.01. The van der Waals surface area contributed by atoms with Gasteiger partial charge in [-0.15, -0.1) is 11.3 Å². The fraction of sp³-hybridized carbons (Fsp3) is 0.455. The van der Waals surface area contributed by atoms with Gasteiger partial charge >= 0.3 is 6.09 Å². The van der Waals surface area contributed by atoms with Crippen LogP contribution in [0.1, 0.15) is 20.8 Å². The van der Waals surface area contributed by atoms with Gasteiger partial charge in [-0.2, -0.15) is 0 Å². The minimum absolute atomic E-state index is 0.196. The molecule has 0 atom stereocenters. The molecular formula is C11H14N2O4S. The molecule has 0 aromatic carbocycles. The number of fused-ring (bicyclic) bond motifs is 1. The number of carbonyl (C=O) groups is 2. The van der Waals surface area contributed by atoms with Gasteiger partial charge in [0.1, 0.15) is 0 Å². The lowest BCUT2D eigenvalue weighted by atomic mass is 10.0. The van der Waals surface area contributed by atoms with Crippen molar-refractivity contribution in [2.75, 3.05) is 20.7 Å². The van der Waals surface area contributed by atoms with E-state index in [9.17, 15) is 9.59 Å². The van der Waals surface area contributed by atoms with Gasteiger partial charge in [0.05, 0.1) is 19.2 Å². The lowest BCUT2D eigenvalue weighted by molar-refractivity contribution is -0.0757. The summed E-state index contributed by atoms with van der Waals surface area (Å²) >= 11 is 1.42. The molecule has 1 aromatic heterocycles. The molecule has 6 nitrogen and oxygen atoms in total. The lowest BCUT2D eigenvalue weighted by Crippen LogP contribution is -2.35. The van der Waals surface area contributed by atoms with Crippen molar-refractivity contribution in [3.63, 3.8) is 0 Å². The van der Waals surface area contributed by atoms with Crippen molar-refractivity contribution >= 4 is 23.3 Å². The average Bonchev–Trinajstić information content (AvgIpc) is 2.79. The van der Waals surface area contributed by atoms with Crippen LogP contribution < -0.4 is 0 Å². The molecule has 98 valence electrons. The van der Waals surface area contributed by atoms with Gasteiger partial charge < -0.3 is 10.0 Å². The van der Waals surface area contributed by atoms with Crippen molar-refractivity contribution in [1.82, 2.24) is 9.96 Å². The molecule has 0 radical (unpaired) electrons. The Hall–Kier alpha value is -1.60. The summed E-state index contributed by atoms with van der Waals surface area (Å²) < 4.78 is 0. The van der Waals surface area contributed by atoms with Crippen LogP contribution in [0.2, 0.25) is 0 Å². The summed E-state index contributed by atoms with van der Waals surface area (Å²) in [5.41, 5.74) is 1.57. The molecule has 0 fully saturated rings. The van der Waals surface area contributed by atoms with Gasteiger partial charge in [-0.3, -0.25) is 9.63 Å². The maximum atomic E-state index is 12.0. The Balaban J connectivity index is 2.24. The summed E-state index contributed by atoms with van der Waals surface area (Å²) in [6.07, 6.45) is -0.347. The molecule has 1 aliphatic rings. The minimum Gasteiger partial charge on any atom is -0.465 e. The highest BCUT2D eigenvalue weighted by Gasteiger charge is 2.27. The Morgan fingerprint density at radius 3 is 2.89 bits per heavy atom. The number of nitrogens with zero attached hydrogens (tertiary/aromatic N) is 2. The van der Waals surface area contributed by atoms with E-state index in [1.807, 2.05) is 0 Å². The number of amides is 2. The second-order valence-corrected chi connectivity index (χ2v) is 4.95. The van der Waals surface area contributed by atoms with E-state index in [1.54, 1.807) is 12.4 Å². The first-order valence-corrected chi connectivity index (χ1v) is 6.31. The molecule has 1 N–H and O–H groups in total. The first-order chi connectivity index (χ1) is 8.54. The smallest absolute Gasteiger partial charge is 0.407 e. The number of hydrogen-bond donors (Lipinski definition) is 1. The highest BCUT2D eigenvalue weighted by molar-refractivity contribution is 7.10. The Kier molecular flexibility index (Phi) is 3.53. The van der Waals surface area contributed by atoms with Gasteiger partial charge in [0.25, 0.3) is 5.91 Å². The third kappa shape index (κ3) is 2.19. The Bertz CT molecular complexity index is 485. The predicted molar refractivity (Wildman–Crippen MR) is 65.6 cm³/mol. The van der Waals surface area contributed by atoms with Crippen molar-refractivity contribution in [3.8, 4) is 0 Å². The molecule has 0 saturated carbocycles. The highest BCUT2D eigenvalue weighted by Crippen LogP contribution is 2.29. The van der Waals surface area contributed by atoms with E-state index >= 15 is 0 Å². The average molecular weight is 270 g/mol. The maximum Gasteiger partial charge on any atom is 0.407 e. The molecule has 1 aromatic rings. The Morgan fingerprint density at radius 1 is 1.56 bits per heavy atom. The summed E-state index contributed by atoms with van der Waals surface area (Å²) in [4.78, 5) is 30.1. The van der Waals surface area contributed by atoms with Gasteiger partial charge in [0.15, 0.2) is 0 Å². The van der Waals surface area contributed by atoms with E-state index in [0.717, 1.165) is 10.4 Å². The van der Waals surface area contributed by atoms with E-state index in [2.05, 4.69) is 0 Å². The fourth-order valence-electron chi connectivity index (χ4n) is 1.92. The van der Waals surface area contributed by atoms with Crippen LogP contribution in [0.4, 0.5) is 4.79 Å². The molecule has 0 spiro atoms. The van der Waals surface area contributed by atoms with Crippen molar-refractivity contribution in [2.24, 2.45) is 0 Å². The van der Waals surface area contributed by atoms with Crippen LogP contribution in [-0.4, -0.2) is 47.8 Å². The van der Waals surface area contributed by atoms with Crippen molar-refractivity contribution in [2.45, 2.75) is 13.0 Å². The quantitative estimate of drug-likeness (QED) is 0.825. The molecule has 2 rings (SSSR count). The molecule has 0 aliphatic carbocycles. The monoisotopic (exact) mass is 270 g/mol. The Morgan fingerprint density at radius 2 is 2.28 bits per heavy atom. The van der Waals surface area contributed by atoms with Gasteiger partial charge in [-0.1, -0.05) is 0 Å². The number of rotatable bonds is 2. The van der Waals surface area contributed by atoms with E-state index in [-0.39, 0.29) is 5.91 Å². The zero-order valence-corrected chi connectivity index (χ0v) is 11.0. The molecule has 2 heterocycles. The molecule has 0 unspecified atom stereocenters. The SMILES string of the molecule is CON(C)C(=O)c1csc2c1CCN(C(=O)O)C2. The molecule has 0 bridgehead atoms. The molecule has 18 heavy (non-hydrogen) atoms. The summed E-state index contributed by atoms with van der Waals surface area (Å²) in [6.45, 7) is 0.787. The molecule has 2 amide bonds. The van der Waals surface area contributed by atoms with E-state index < -0.39 is 6.09 Å². The van der Waals surface area contributed by atoms with Crippen LogP contribution in [0.25, 0.3) is 0 Å². The van der Waals surface area contributed by atoms with Crippen molar-refractivity contribution in [1.29, 1.82) is 0 Å². The zero-order chi connectivity index (χ0) is 13.3. The standard InChI is InChI=1S/C11H14N2O4S/c1-12(17-2)10(14)8-6-18-9-5-13(11(15)16)4-3-7(8)9/h6H,3-5H2,1-2H3,(H,15,16). The Labute approximate surface area is 108 Å². The number of hydrogen-bond acceptors (Lipinski definition) is 4. The summed E-state index contributed by atoms with van der Waals surface area (Å²) in [7, 11) is 2.99. The van der Waals surface area contributed by atoms with Crippen LogP contribution >= 0.6 is 11.3 Å². The highest BCUT2D eigenvalue weighted by atomic mass is 32.1. The second kappa shape index (κ2) is 4.95. The largest absolute Gasteiger partial charge is 0.465 e. The summed E-state index contributed by atoms with van der Waals surface area (Å²) in [6, 6.07) is 0. The number of carbonyl (C=O) groups excluding carboxylic acids is 1. The normalized spacial score (nSPS) is 14.2. The molecule has 1 aliphatic heterocycles. The van der Waals surface area contributed by atoms with Crippen LogP contribution in [-0.2, 0) is 17.8 Å². The van der Waals surface area contributed by atoms with Gasteiger partial charge in [0, 0.05) is 23.8 Å². The first-order valence-electron chi connectivity index (χ1n) is 5.44. The molecule has 7 heteroatoms. The van der Waals surface area contributed by atoms with Gasteiger partial charge in [0.2, 0.25) is 0 Å². The van der Waals surface area contributed by atoms with Crippen molar-refractivity contribution in [3.05, 3.63) is 21.4 Å². The van der Waals surface area contributed by atoms with Crippen LogP contribution in [0, 0.1) is 0 Å². The minimum atomic E-state index is -0.920. The van der Waals surface area contributed by atoms with Gasteiger partial charge in [-0.05, 0) is 12.0 Å². The zero-order valence-electron chi connectivity index (χ0n) is 10.2. The summed E-state index contributed by atoms with van der Waals surface area (Å²) in [5.74, 6) is -0.196. The van der Waals surface area contributed by atoms with Crippen LogP contribution in [0.15, 0.2) is 5.38 Å². The van der Waals surface area contributed by atoms with E-state index in [0.29, 0.717) is 25.1 Å². The van der Waals surface area contributed by atoms with Gasteiger partial charge in [-0.25, -0.2) is 9.86 Å². The maximum absolute atomic E-state index is 12.0. The third-order valence-corrected chi connectivity index (χ3v) is 4.02. The summed E-state index contributed by atoms with van der Waals surface area (Å²) in [5, 5.41) is 11.9. The molecular weight excluding hydrogens is 256 g/mol. The topological polar surface area (TPSA) is 70.1 Å². The van der Waals surface area contributed by atoms with Crippen LogP contribution in [0.5, 0.6) is 0 Å². The number of carboxylic acid groups (broad SMARTS) is 1. The number of thiophene rings is 1. The lowest BCUT2D eigenvalue weighted by Gasteiger charge is -2.24. The second-order valence-electron chi connectivity index (χ2n) is 3.99. The molecule has 0 saturated heterocycles.